The van der Waals surface area contributed by atoms with Gasteiger partial charge in [-0.2, -0.15) is 0 Å². The van der Waals surface area contributed by atoms with Crippen LogP contribution in [0.5, 0.6) is 0 Å². The van der Waals surface area contributed by atoms with Crippen molar-refractivity contribution in [2.24, 2.45) is 23.7 Å². The molecule has 1 N–H and O–H groups in total. The zero-order valence-electron chi connectivity index (χ0n) is 15.8. The van der Waals surface area contributed by atoms with Gasteiger partial charge in [-0.3, -0.25) is 19.3 Å². The first-order chi connectivity index (χ1) is 13.9. The molecule has 6 heteroatoms. The number of aryl methyl sites for hydroxylation is 1. The van der Waals surface area contributed by atoms with Crippen molar-refractivity contribution < 1.29 is 14.4 Å². The fourth-order valence-corrected chi connectivity index (χ4v) is 5.01. The van der Waals surface area contributed by atoms with Crippen molar-refractivity contribution in [2.45, 2.75) is 13.3 Å². The predicted molar refractivity (Wildman–Crippen MR) is 111 cm³/mol. The van der Waals surface area contributed by atoms with Gasteiger partial charge in [0.15, 0.2) is 0 Å². The van der Waals surface area contributed by atoms with E-state index in [1.807, 2.05) is 13.0 Å². The highest BCUT2D eigenvalue weighted by Crippen LogP contribution is 2.53. The molecule has 2 aromatic rings. The number of fused-ring (bicyclic) bond motifs is 5. The molecule has 2 fully saturated rings. The van der Waals surface area contributed by atoms with Crippen LogP contribution in [0.2, 0.25) is 5.02 Å². The second-order valence-electron chi connectivity index (χ2n) is 7.97. The van der Waals surface area contributed by atoms with Crippen molar-refractivity contribution in [1.82, 2.24) is 0 Å². The standard InChI is InChI=1S/C23H19ClN2O3/c1-12-2-7-16(24)11-18(12)25-21(27)13-5-8-17(9-6-13)26-22(28)19-14-3-4-15(10-14)20(19)23(26)29/h2-9,11,14-15,19-20H,10H2,1H3,(H,25,27)/t14-,15-,19-,20+/m1/s1. The molecule has 3 amide bonds. The van der Waals surface area contributed by atoms with Gasteiger partial charge in [-0.25, -0.2) is 0 Å². The molecule has 3 aliphatic rings. The lowest BCUT2D eigenvalue weighted by Gasteiger charge is -2.17. The van der Waals surface area contributed by atoms with Crippen LogP contribution in [0.25, 0.3) is 0 Å². The molecular formula is C23H19ClN2O3. The minimum Gasteiger partial charge on any atom is -0.322 e. The van der Waals surface area contributed by atoms with Crippen molar-refractivity contribution in [3.63, 3.8) is 0 Å². The summed E-state index contributed by atoms with van der Waals surface area (Å²) in [5.74, 6) is -0.625. The van der Waals surface area contributed by atoms with Gasteiger partial charge >= 0.3 is 0 Å². The van der Waals surface area contributed by atoms with Crippen molar-refractivity contribution in [3.8, 4) is 0 Å². The second kappa shape index (κ2) is 6.56. The Kier molecular flexibility index (Phi) is 4.10. The molecule has 29 heavy (non-hydrogen) atoms. The molecule has 0 radical (unpaired) electrons. The van der Waals surface area contributed by atoms with E-state index in [-0.39, 0.29) is 41.4 Å². The van der Waals surface area contributed by atoms with Gasteiger partial charge in [0.05, 0.1) is 17.5 Å². The van der Waals surface area contributed by atoms with E-state index in [0.717, 1.165) is 12.0 Å². The number of imide groups is 1. The topological polar surface area (TPSA) is 66.5 Å². The molecule has 0 aromatic heterocycles. The first kappa shape index (κ1) is 18.1. The average molecular weight is 407 g/mol. The summed E-state index contributed by atoms with van der Waals surface area (Å²) >= 11 is 6.01. The lowest BCUT2D eigenvalue weighted by atomic mass is 9.85. The van der Waals surface area contributed by atoms with Crippen LogP contribution in [-0.4, -0.2) is 17.7 Å². The van der Waals surface area contributed by atoms with Gasteiger partial charge in [-0.15, -0.1) is 0 Å². The van der Waals surface area contributed by atoms with Crippen LogP contribution in [0.1, 0.15) is 22.3 Å². The van der Waals surface area contributed by atoms with Crippen LogP contribution in [0.4, 0.5) is 11.4 Å². The zero-order chi connectivity index (χ0) is 20.3. The number of nitrogens with one attached hydrogen (secondary N) is 1. The number of rotatable bonds is 3. The summed E-state index contributed by atoms with van der Waals surface area (Å²) in [6.45, 7) is 1.89. The smallest absolute Gasteiger partial charge is 0.255 e. The molecule has 2 aromatic carbocycles. The Labute approximate surface area is 173 Å². The summed E-state index contributed by atoms with van der Waals surface area (Å²) in [4.78, 5) is 39.7. The Balaban J connectivity index is 1.36. The van der Waals surface area contributed by atoms with Crippen LogP contribution in [0, 0.1) is 30.6 Å². The molecule has 2 bridgehead atoms. The molecule has 146 valence electrons. The molecule has 1 heterocycles. The molecule has 1 saturated carbocycles. The highest BCUT2D eigenvalue weighted by atomic mass is 35.5. The number of anilines is 2. The predicted octanol–water partition coefficient (Wildman–Crippen LogP) is 4.21. The fraction of sp³-hybridized carbons (Fsp3) is 0.261. The first-order valence-corrected chi connectivity index (χ1v) is 10.1. The number of hydrogen-bond acceptors (Lipinski definition) is 3. The largest absolute Gasteiger partial charge is 0.322 e. The number of carbonyl (C=O) groups is 3. The minimum absolute atomic E-state index is 0.122. The first-order valence-electron chi connectivity index (χ1n) is 9.68. The summed E-state index contributed by atoms with van der Waals surface area (Å²) in [7, 11) is 0. The summed E-state index contributed by atoms with van der Waals surface area (Å²) in [5, 5.41) is 3.39. The number of carbonyl (C=O) groups excluding carboxylic acids is 3. The molecule has 1 aliphatic heterocycles. The third kappa shape index (κ3) is 2.80. The Morgan fingerprint density at radius 2 is 1.62 bits per heavy atom. The third-order valence-electron chi connectivity index (χ3n) is 6.31. The molecule has 5 rings (SSSR count). The molecule has 2 aliphatic carbocycles. The average Bonchev–Trinajstić information content (AvgIpc) is 3.39. The lowest BCUT2D eigenvalue weighted by molar-refractivity contribution is -0.123. The molecule has 0 spiro atoms. The summed E-state index contributed by atoms with van der Waals surface area (Å²) in [6, 6.07) is 11.9. The van der Waals surface area contributed by atoms with E-state index in [4.69, 9.17) is 11.6 Å². The fourth-order valence-electron chi connectivity index (χ4n) is 4.84. The second-order valence-corrected chi connectivity index (χ2v) is 8.41. The molecular weight excluding hydrogens is 388 g/mol. The Hall–Kier alpha value is -2.92. The van der Waals surface area contributed by atoms with Crippen molar-refractivity contribution in [3.05, 3.63) is 70.8 Å². The van der Waals surface area contributed by atoms with E-state index >= 15 is 0 Å². The monoisotopic (exact) mass is 406 g/mol. The van der Waals surface area contributed by atoms with E-state index in [1.165, 1.54) is 4.90 Å². The Morgan fingerprint density at radius 3 is 2.24 bits per heavy atom. The van der Waals surface area contributed by atoms with E-state index in [2.05, 4.69) is 17.5 Å². The number of benzene rings is 2. The van der Waals surface area contributed by atoms with Crippen LogP contribution < -0.4 is 10.2 Å². The van der Waals surface area contributed by atoms with Gasteiger partial charge in [-0.1, -0.05) is 29.8 Å². The van der Waals surface area contributed by atoms with Crippen molar-refractivity contribution in [1.29, 1.82) is 0 Å². The number of halogens is 1. The maximum atomic E-state index is 12.9. The summed E-state index contributed by atoms with van der Waals surface area (Å²) in [6.07, 6.45) is 5.06. The molecule has 0 unspecified atom stereocenters. The van der Waals surface area contributed by atoms with Crippen molar-refractivity contribution >= 4 is 40.7 Å². The highest BCUT2D eigenvalue weighted by Gasteiger charge is 2.59. The third-order valence-corrected chi connectivity index (χ3v) is 6.54. The van der Waals surface area contributed by atoms with Gasteiger partial charge in [0.1, 0.15) is 0 Å². The molecule has 5 nitrogen and oxygen atoms in total. The van der Waals surface area contributed by atoms with Gasteiger partial charge in [0.25, 0.3) is 5.91 Å². The molecule has 4 atom stereocenters. The van der Waals surface area contributed by atoms with E-state index in [9.17, 15) is 14.4 Å². The van der Waals surface area contributed by atoms with Crippen LogP contribution in [0.3, 0.4) is 0 Å². The number of allylic oxidation sites excluding steroid dienone is 2. The zero-order valence-corrected chi connectivity index (χ0v) is 16.5. The van der Waals surface area contributed by atoms with Crippen LogP contribution >= 0.6 is 11.6 Å². The number of amides is 3. The summed E-state index contributed by atoms with van der Waals surface area (Å²) < 4.78 is 0. The normalized spacial score (nSPS) is 26.9. The summed E-state index contributed by atoms with van der Waals surface area (Å²) in [5.41, 5.74) is 2.51. The highest BCUT2D eigenvalue weighted by molar-refractivity contribution is 6.31. The van der Waals surface area contributed by atoms with Gasteiger partial charge in [-0.05, 0) is 67.1 Å². The maximum Gasteiger partial charge on any atom is 0.255 e. The van der Waals surface area contributed by atoms with Crippen LogP contribution in [0.15, 0.2) is 54.6 Å². The van der Waals surface area contributed by atoms with Gasteiger partial charge in [0.2, 0.25) is 11.8 Å². The lowest BCUT2D eigenvalue weighted by Crippen LogP contribution is -2.32. The van der Waals surface area contributed by atoms with E-state index in [0.29, 0.717) is 22.0 Å². The Morgan fingerprint density at radius 1 is 1.00 bits per heavy atom. The van der Waals surface area contributed by atoms with Crippen molar-refractivity contribution in [2.75, 3.05) is 10.2 Å². The van der Waals surface area contributed by atoms with Crippen LogP contribution in [-0.2, 0) is 9.59 Å². The Bertz CT molecular complexity index is 1050. The van der Waals surface area contributed by atoms with E-state index < -0.39 is 0 Å². The number of nitrogens with zero attached hydrogens (tertiary/aromatic N) is 1. The minimum atomic E-state index is -0.278. The van der Waals surface area contributed by atoms with Gasteiger partial charge < -0.3 is 5.32 Å². The molecule has 1 saturated heterocycles. The van der Waals surface area contributed by atoms with E-state index in [1.54, 1.807) is 36.4 Å². The SMILES string of the molecule is Cc1ccc(Cl)cc1NC(=O)c1ccc(N2C(=O)[C@@H]3[C@H](C2=O)[C@@H]2C=C[C@@H]3C2)cc1. The quantitative estimate of drug-likeness (QED) is 0.613. The van der Waals surface area contributed by atoms with Gasteiger partial charge in [0, 0.05) is 16.3 Å². The maximum absolute atomic E-state index is 12.9. The number of hydrogen-bond donors (Lipinski definition) is 1.